The minimum absolute atomic E-state index is 0.0213. The van der Waals surface area contributed by atoms with Crippen LogP contribution < -0.4 is 14.8 Å². The van der Waals surface area contributed by atoms with Crippen molar-refractivity contribution < 1.29 is 36.2 Å². The maximum atomic E-state index is 13.0. The molecule has 1 atom stereocenters. The van der Waals surface area contributed by atoms with Gasteiger partial charge >= 0.3 is 6.18 Å². The summed E-state index contributed by atoms with van der Waals surface area (Å²) < 4.78 is 81.0. The molecule has 0 spiro atoms. The number of methoxy groups -OCH3 is 1. The van der Waals surface area contributed by atoms with Crippen molar-refractivity contribution >= 4 is 16.7 Å². The number of aryl methyl sites for hydroxylation is 1. The molecule has 1 aromatic heterocycles. The quantitative estimate of drug-likeness (QED) is 0.326. The van der Waals surface area contributed by atoms with Crippen molar-refractivity contribution in [1.29, 1.82) is 0 Å². The van der Waals surface area contributed by atoms with Gasteiger partial charge in [0.25, 0.3) is 5.92 Å². The number of alkyl halides is 5. The number of hydrogen-bond acceptors (Lipinski definition) is 6. The Labute approximate surface area is 192 Å². The molecule has 1 aliphatic rings. The van der Waals surface area contributed by atoms with Crippen LogP contribution in [0.1, 0.15) is 23.4 Å². The van der Waals surface area contributed by atoms with Crippen molar-refractivity contribution in [1.82, 2.24) is 9.97 Å². The van der Waals surface area contributed by atoms with E-state index in [2.05, 4.69) is 15.3 Å². The summed E-state index contributed by atoms with van der Waals surface area (Å²) in [4.78, 5) is 8.77. The maximum Gasteiger partial charge on any atom is 0.416 e. The normalized spacial score (nSPS) is 17.0. The molecule has 34 heavy (non-hydrogen) atoms. The van der Waals surface area contributed by atoms with Crippen LogP contribution in [0.25, 0.3) is 10.9 Å². The highest BCUT2D eigenvalue weighted by molar-refractivity contribution is 5.91. The molecular weight excluding hydrogens is 461 g/mol. The zero-order valence-electron chi connectivity index (χ0n) is 18.4. The zero-order valence-corrected chi connectivity index (χ0v) is 18.4. The standard InChI is InChI=1S/C23H22F5N3O3/c1-13-30-17-10-18(32-2)19(33-6-7-34-20-11-22(20,24)25)9-16(17)21(31-13)29-12-14-4-3-5-15(8-14)23(26,27)28/h3-5,8-10,20H,6-7,11-12H2,1-2H3,(H,29,30,31). The monoisotopic (exact) mass is 483 g/mol. The molecule has 2 aromatic carbocycles. The van der Waals surface area contributed by atoms with Gasteiger partial charge in [0.15, 0.2) is 11.5 Å². The highest BCUT2D eigenvalue weighted by Crippen LogP contribution is 2.44. The first-order valence-electron chi connectivity index (χ1n) is 10.5. The number of fused-ring (bicyclic) bond motifs is 1. The lowest BCUT2D eigenvalue weighted by Gasteiger charge is -2.15. The van der Waals surface area contributed by atoms with Crippen LogP contribution >= 0.6 is 0 Å². The van der Waals surface area contributed by atoms with Crippen LogP contribution in [-0.2, 0) is 17.5 Å². The van der Waals surface area contributed by atoms with Crippen molar-refractivity contribution in [3.8, 4) is 11.5 Å². The Kier molecular flexibility index (Phi) is 6.48. The van der Waals surface area contributed by atoms with Gasteiger partial charge in [-0.2, -0.15) is 13.2 Å². The van der Waals surface area contributed by atoms with E-state index in [-0.39, 0.29) is 26.2 Å². The molecule has 0 radical (unpaired) electrons. The largest absolute Gasteiger partial charge is 0.493 e. The van der Waals surface area contributed by atoms with Crippen molar-refractivity contribution in [2.45, 2.75) is 38.1 Å². The third kappa shape index (κ3) is 5.46. The third-order valence-corrected chi connectivity index (χ3v) is 5.24. The van der Waals surface area contributed by atoms with E-state index < -0.39 is 23.8 Å². The topological polar surface area (TPSA) is 65.5 Å². The average Bonchev–Trinajstić information content (AvgIpc) is 3.40. The van der Waals surface area contributed by atoms with E-state index in [0.717, 1.165) is 12.1 Å². The van der Waals surface area contributed by atoms with Gasteiger partial charge in [-0.25, -0.2) is 18.7 Å². The number of nitrogens with zero attached hydrogens (tertiary/aromatic N) is 2. The first kappa shape index (κ1) is 23.9. The second-order valence-corrected chi connectivity index (χ2v) is 7.86. The van der Waals surface area contributed by atoms with Gasteiger partial charge in [0.05, 0.1) is 24.8 Å². The molecule has 0 aliphatic heterocycles. The third-order valence-electron chi connectivity index (χ3n) is 5.24. The fourth-order valence-corrected chi connectivity index (χ4v) is 3.41. The first-order chi connectivity index (χ1) is 16.1. The van der Waals surface area contributed by atoms with Crippen LogP contribution in [0.5, 0.6) is 11.5 Å². The number of benzene rings is 2. The summed E-state index contributed by atoms with van der Waals surface area (Å²) in [5.41, 5.74) is 0.234. The molecule has 1 aliphatic carbocycles. The number of hydrogen-bond donors (Lipinski definition) is 1. The van der Waals surface area contributed by atoms with E-state index in [0.29, 0.717) is 39.6 Å². The lowest BCUT2D eigenvalue weighted by Crippen LogP contribution is -2.12. The second-order valence-electron chi connectivity index (χ2n) is 7.86. The van der Waals surface area contributed by atoms with Gasteiger partial charge in [0.1, 0.15) is 24.4 Å². The zero-order chi connectivity index (χ0) is 24.5. The highest BCUT2D eigenvalue weighted by atomic mass is 19.4. The van der Waals surface area contributed by atoms with Gasteiger partial charge in [-0.15, -0.1) is 0 Å². The van der Waals surface area contributed by atoms with Crippen LogP contribution in [-0.4, -0.2) is 42.3 Å². The van der Waals surface area contributed by atoms with Crippen molar-refractivity contribution in [2.75, 3.05) is 25.6 Å². The van der Waals surface area contributed by atoms with E-state index in [4.69, 9.17) is 14.2 Å². The van der Waals surface area contributed by atoms with Crippen LogP contribution in [0.15, 0.2) is 36.4 Å². The highest BCUT2D eigenvalue weighted by Gasteiger charge is 2.58. The van der Waals surface area contributed by atoms with Crippen LogP contribution in [0.2, 0.25) is 0 Å². The Morgan fingerprint density at radius 1 is 1.09 bits per heavy atom. The summed E-state index contributed by atoms with van der Waals surface area (Å²) >= 11 is 0. The smallest absolute Gasteiger partial charge is 0.416 e. The van der Waals surface area contributed by atoms with Crippen LogP contribution in [0, 0.1) is 6.92 Å². The summed E-state index contributed by atoms with van der Waals surface area (Å²) in [5, 5.41) is 3.62. The van der Waals surface area contributed by atoms with Crippen molar-refractivity contribution in [3.05, 3.63) is 53.3 Å². The maximum absolute atomic E-state index is 13.0. The number of anilines is 1. The molecule has 1 heterocycles. The SMILES string of the molecule is COc1cc2nc(C)nc(NCc3cccc(C(F)(F)F)c3)c2cc1OCCOC1CC1(F)F. The van der Waals surface area contributed by atoms with Crippen molar-refractivity contribution in [3.63, 3.8) is 0 Å². The predicted molar refractivity (Wildman–Crippen MR) is 114 cm³/mol. The summed E-state index contributed by atoms with van der Waals surface area (Å²) in [6, 6.07) is 8.29. The molecule has 1 N–H and O–H groups in total. The first-order valence-corrected chi connectivity index (χ1v) is 10.5. The molecule has 0 amide bonds. The number of halogens is 5. The van der Waals surface area contributed by atoms with Gasteiger partial charge in [-0.1, -0.05) is 12.1 Å². The number of nitrogens with one attached hydrogen (secondary N) is 1. The Morgan fingerprint density at radius 3 is 2.53 bits per heavy atom. The molecule has 11 heteroatoms. The van der Waals surface area contributed by atoms with Gasteiger partial charge in [0, 0.05) is 24.4 Å². The number of rotatable bonds is 9. The molecule has 182 valence electrons. The van der Waals surface area contributed by atoms with Crippen molar-refractivity contribution in [2.24, 2.45) is 0 Å². The fraction of sp³-hybridized carbons (Fsp3) is 0.391. The molecule has 1 unspecified atom stereocenters. The van der Waals surface area contributed by atoms with Gasteiger partial charge in [-0.05, 0) is 30.7 Å². The molecule has 0 saturated heterocycles. The van der Waals surface area contributed by atoms with Gasteiger partial charge in [-0.3, -0.25) is 0 Å². The fourth-order valence-electron chi connectivity index (χ4n) is 3.41. The van der Waals surface area contributed by atoms with Gasteiger partial charge in [0.2, 0.25) is 0 Å². The number of aromatic nitrogens is 2. The molecule has 0 bridgehead atoms. The summed E-state index contributed by atoms with van der Waals surface area (Å²) in [6.45, 7) is 1.79. The van der Waals surface area contributed by atoms with E-state index in [1.807, 2.05) is 0 Å². The van der Waals surface area contributed by atoms with Gasteiger partial charge < -0.3 is 19.5 Å². The van der Waals surface area contributed by atoms with E-state index in [1.165, 1.54) is 13.2 Å². The summed E-state index contributed by atoms with van der Waals surface area (Å²) in [7, 11) is 1.45. The lowest BCUT2D eigenvalue weighted by atomic mass is 10.1. The van der Waals surface area contributed by atoms with E-state index in [1.54, 1.807) is 25.1 Å². The second kappa shape index (κ2) is 9.21. The van der Waals surface area contributed by atoms with E-state index in [9.17, 15) is 22.0 Å². The summed E-state index contributed by atoms with van der Waals surface area (Å²) in [5.74, 6) is -1.20. The Bertz CT molecular complexity index is 1190. The molecule has 1 fully saturated rings. The molecular formula is C23H22F5N3O3. The molecule has 1 saturated carbocycles. The molecule has 3 aromatic rings. The Balaban J connectivity index is 1.52. The summed E-state index contributed by atoms with van der Waals surface area (Å²) in [6.07, 6.45) is -5.79. The Morgan fingerprint density at radius 2 is 1.85 bits per heavy atom. The molecule has 6 nitrogen and oxygen atoms in total. The van der Waals surface area contributed by atoms with Crippen LogP contribution in [0.3, 0.4) is 0 Å². The van der Waals surface area contributed by atoms with E-state index >= 15 is 0 Å². The Hall–Kier alpha value is -3.21. The molecule has 4 rings (SSSR count). The average molecular weight is 483 g/mol. The lowest BCUT2D eigenvalue weighted by molar-refractivity contribution is -0.137. The van der Waals surface area contributed by atoms with Crippen LogP contribution in [0.4, 0.5) is 27.8 Å². The minimum atomic E-state index is -4.43. The minimum Gasteiger partial charge on any atom is -0.493 e. The predicted octanol–water partition coefficient (Wildman–Crippen LogP) is 5.38. The number of ether oxygens (including phenoxy) is 3.